The van der Waals surface area contributed by atoms with Gasteiger partial charge in [0.2, 0.25) is 0 Å². The fourth-order valence-electron chi connectivity index (χ4n) is 3.20. The van der Waals surface area contributed by atoms with Gasteiger partial charge in [0.05, 0.1) is 26.9 Å². The van der Waals surface area contributed by atoms with Crippen molar-refractivity contribution in [2.24, 2.45) is 0 Å². The number of piperazine rings is 1. The number of benzene rings is 2. The molecule has 2 aromatic carbocycles. The number of hydrogen-bond acceptors (Lipinski definition) is 5. The predicted octanol–water partition coefficient (Wildman–Crippen LogP) is 2.67. The average Bonchev–Trinajstić information content (AvgIpc) is 2.72. The van der Waals surface area contributed by atoms with Crippen LogP contribution in [-0.2, 0) is 0 Å². The lowest BCUT2D eigenvalue weighted by Gasteiger charge is -2.36. The van der Waals surface area contributed by atoms with Crippen molar-refractivity contribution in [2.75, 3.05) is 52.4 Å². The molecular weight excluding hydrogens is 332 g/mol. The van der Waals surface area contributed by atoms with Gasteiger partial charge in [0, 0.05) is 37.9 Å². The predicted molar refractivity (Wildman–Crippen MR) is 101 cm³/mol. The lowest BCUT2D eigenvalue weighted by molar-refractivity contribution is 0.0742. The van der Waals surface area contributed by atoms with Gasteiger partial charge >= 0.3 is 0 Å². The SMILES string of the molecule is COc1cccc(N2CCN(C(=O)c3cccc(OC)c3OC)CC2)c1. The molecule has 1 saturated heterocycles. The number of amides is 1. The molecule has 1 fully saturated rings. The van der Waals surface area contributed by atoms with E-state index in [0.29, 0.717) is 30.2 Å². The summed E-state index contributed by atoms with van der Waals surface area (Å²) in [5, 5.41) is 0. The summed E-state index contributed by atoms with van der Waals surface area (Å²) in [4.78, 5) is 17.1. The first kappa shape index (κ1) is 17.9. The number of hydrogen-bond donors (Lipinski definition) is 0. The molecule has 6 heteroatoms. The van der Waals surface area contributed by atoms with Gasteiger partial charge in [0.1, 0.15) is 5.75 Å². The van der Waals surface area contributed by atoms with E-state index in [4.69, 9.17) is 14.2 Å². The van der Waals surface area contributed by atoms with Crippen LogP contribution in [0.3, 0.4) is 0 Å². The van der Waals surface area contributed by atoms with Gasteiger partial charge in [0.25, 0.3) is 5.91 Å². The molecule has 1 aliphatic rings. The summed E-state index contributed by atoms with van der Waals surface area (Å²) >= 11 is 0. The van der Waals surface area contributed by atoms with E-state index in [1.807, 2.05) is 23.1 Å². The molecule has 3 rings (SSSR count). The molecule has 138 valence electrons. The maximum absolute atomic E-state index is 12.9. The fraction of sp³-hybridized carbons (Fsp3) is 0.350. The second-order valence-corrected chi connectivity index (χ2v) is 6.02. The first-order valence-corrected chi connectivity index (χ1v) is 8.57. The van der Waals surface area contributed by atoms with Crippen molar-refractivity contribution in [1.29, 1.82) is 0 Å². The van der Waals surface area contributed by atoms with Gasteiger partial charge in [-0.15, -0.1) is 0 Å². The Morgan fingerprint density at radius 3 is 2.27 bits per heavy atom. The zero-order chi connectivity index (χ0) is 18.5. The monoisotopic (exact) mass is 356 g/mol. The second kappa shape index (κ2) is 7.99. The molecule has 2 aromatic rings. The third kappa shape index (κ3) is 3.54. The maximum Gasteiger partial charge on any atom is 0.257 e. The largest absolute Gasteiger partial charge is 0.497 e. The van der Waals surface area contributed by atoms with Crippen molar-refractivity contribution >= 4 is 11.6 Å². The van der Waals surface area contributed by atoms with Crippen molar-refractivity contribution in [3.63, 3.8) is 0 Å². The fourth-order valence-corrected chi connectivity index (χ4v) is 3.20. The van der Waals surface area contributed by atoms with Crippen molar-refractivity contribution in [1.82, 2.24) is 4.90 Å². The van der Waals surface area contributed by atoms with Crippen LogP contribution in [0.4, 0.5) is 5.69 Å². The first-order valence-electron chi connectivity index (χ1n) is 8.57. The average molecular weight is 356 g/mol. The van der Waals surface area contributed by atoms with E-state index >= 15 is 0 Å². The number of ether oxygens (including phenoxy) is 3. The summed E-state index contributed by atoms with van der Waals surface area (Å²) in [6.07, 6.45) is 0. The van der Waals surface area contributed by atoms with Crippen LogP contribution in [0.5, 0.6) is 17.2 Å². The summed E-state index contributed by atoms with van der Waals surface area (Å²) in [7, 11) is 4.78. The number of nitrogens with zero attached hydrogens (tertiary/aromatic N) is 2. The van der Waals surface area contributed by atoms with Crippen LogP contribution < -0.4 is 19.1 Å². The molecule has 0 aromatic heterocycles. The van der Waals surface area contributed by atoms with Crippen LogP contribution in [0.1, 0.15) is 10.4 Å². The molecule has 0 atom stereocenters. The number of methoxy groups -OCH3 is 3. The summed E-state index contributed by atoms with van der Waals surface area (Å²) in [5.74, 6) is 1.84. The highest BCUT2D eigenvalue weighted by atomic mass is 16.5. The Bertz CT molecular complexity index is 770. The van der Waals surface area contributed by atoms with E-state index in [1.54, 1.807) is 39.5 Å². The minimum absolute atomic E-state index is 0.0361. The third-order valence-electron chi connectivity index (χ3n) is 4.62. The van der Waals surface area contributed by atoms with E-state index in [1.165, 1.54) is 0 Å². The van der Waals surface area contributed by atoms with Crippen LogP contribution >= 0.6 is 0 Å². The van der Waals surface area contributed by atoms with Crippen molar-refractivity contribution in [2.45, 2.75) is 0 Å². The topological polar surface area (TPSA) is 51.2 Å². The molecule has 0 radical (unpaired) electrons. The van der Waals surface area contributed by atoms with E-state index < -0.39 is 0 Å². The van der Waals surface area contributed by atoms with Crippen molar-refractivity contribution in [3.8, 4) is 17.2 Å². The number of carbonyl (C=O) groups excluding carboxylic acids is 1. The Morgan fingerprint density at radius 2 is 1.62 bits per heavy atom. The van der Waals surface area contributed by atoms with E-state index in [2.05, 4.69) is 11.0 Å². The molecule has 0 bridgehead atoms. The van der Waals surface area contributed by atoms with Gasteiger partial charge in [-0.25, -0.2) is 0 Å². The van der Waals surface area contributed by atoms with Crippen LogP contribution in [0.15, 0.2) is 42.5 Å². The van der Waals surface area contributed by atoms with Gasteiger partial charge in [-0.3, -0.25) is 4.79 Å². The normalized spacial score (nSPS) is 14.1. The lowest BCUT2D eigenvalue weighted by Crippen LogP contribution is -2.48. The smallest absolute Gasteiger partial charge is 0.257 e. The number of anilines is 1. The summed E-state index contributed by atoms with van der Waals surface area (Å²) in [6.45, 7) is 2.84. The molecule has 26 heavy (non-hydrogen) atoms. The quantitative estimate of drug-likeness (QED) is 0.824. The van der Waals surface area contributed by atoms with Crippen LogP contribution in [-0.4, -0.2) is 58.3 Å². The number of para-hydroxylation sites is 1. The zero-order valence-corrected chi connectivity index (χ0v) is 15.4. The summed E-state index contributed by atoms with van der Waals surface area (Å²) in [6, 6.07) is 13.4. The molecule has 0 aliphatic carbocycles. The highest BCUT2D eigenvalue weighted by molar-refractivity contribution is 5.98. The van der Waals surface area contributed by atoms with E-state index in [9.17, 15) is 4.79 Å². The van der Waals surface area contributed by atoms with Crippen LogP contribution in [0.2, 0.25) is 0 Å². The lowest BCUT2D eigenvalue weighted by atomic mass is 10.1. The molecule has 0 spiro atoms. The standard InChI is InChI=1S/C20H24N2O4/c1-24-16-7-4-6-15(14-16)21-10-12-22(13-11-21)20(23)17-8-5-9-18(25-2)19(17)26-3/h4-9,14H,10-13H2,1-3H3. The minimum Gasteiger partial charge on any atom is -0.497 e. The van der Waals surface area contributed by atoms with E-state index in [0.717, 1.165) is 24.5 Å². The molecule has 1 aliphatic heterocycles. The zero-order valence-electron chi connectivity index (χ0n) is 15.4. The number of carbonyl (C=O) groups is 1. The summed E-state index contributed by atoms with van der Waals surface area (Å²) in [5.41, 5.74) is 1.64. The maximum atomic E-state index is 12.9. The van der Waals surface area contributed by atoms with Gasteiger partial charge in [-0.2, -0.15) is 0 Å². The number of rotatable bonds is 5. The molecule has 1 heterocycles. The van der Waals surface area contributed by atoms with Gasteiger partial charge in [-0.1, -0.05) is 12.1 Å². The molecule has 6 nitrogen and oxygen atoms in total. The Balaban J connectivity index is 1.71. The molecule has 0 unspecified atom stereocenters. The van der Waals surface area contributed by atoms with Crippen LogP contribution in [0, 0.1) is 0 Å². The first-order chi connectivity index (χ1) is 12.7. The highest BCUT2D eigenvalue weighted by Crippen LogP contribution is 2.32. The Kier molecular flexibility index (Phi) is 5.51. The molecule has 0 saturated carbocycles. The Hall–Kier alpha value is -2.89. The van der Waals surface area contributed by atoms with Gasteiger partial charge < -0.3 is 24.0 Å². The van der Waals surface area contributed by atoms with Gasteiger partial charge in [-0.05, 0) is 24.3 Å². The van der Waals surface area contributed by atoms with Crippen molar-refractivity contribution in [3.05, 3.63) is 48.0 Å². The highest BCUT2D eigenvalue weighted by Gasteiger charge is 2.25. The Morgan fingerprint density at radius 1 is 0.885 bits per heavy atom. The second-order valence-electron chi connectivity index (χ2n) is 6.02. The summed E-state index contributed by atoms with van der Waals surface area (Å²) < 4.78 is 16.0. The Labute approximate surface area is 153 Å². The molecule has 0 N–H and O–H groups in total. The molecule has 1 amide bonds. The third-order valence-corrected chi connectivity index (χ3v) is 4.62. The van der Waals surface area contributed by atoms with Crippen LogP contribution in [0.25, 0.3) is 0 Å². The van der Waals surface area contributed by atoms with E-state index in [-0.39, 0.29) is 5.91 Å². The van der Waals surface area contributed by atoms with Crippen molar-refractivity contribution < 1.29 is 19.0 Å². The molecular formula is C20H24N2O4. The minimum atomic E-state index is -0.0361. The van der Waals surface area contributed by atoms with Gasteiger partial charge in [0.15, 0.2) is 11.5 Å².